The Labute approximate surface area is 134 Å². The number of nitrogens with zero attached hydrogens (tertiary/aromatic N) is 2. The lowest BCUT2D eigenvalue weighted by Crippen LogP contribution is -2.40. The van der Waals surface area contributed by atoms with Gasteiger partial charge >= 0.3 is 0 Å². The Balaban J connectivity index is 1.87. The maximum atomic E-state index is 11.8. The Morgan fingerprint density at radius 3 is 2.82 bits per heavy atom. The second-order valence-electron chi connectivity index (χ2n) is 4.79. The molecule has 0 spiro atoms. The van der Waals surface area contributed by atoms with Gasteiger partial charge < -0.3 is 9.47 Å². The smallest absolute Gasteiger partial charge is 0.254 e. The number of hydrazone groups is 1. The molecule has 0 bridgehead atoms. The minimum Gasteiger partial charge on any atom is -0.497 e. The van der Waals surface area contributed by atoms with E-state index in [4.69, 9.17) is 9.47 Å². The molecule has 22 heavy (non-hydrogen) atoms. The number of hydrogen-bond acceptors (Lipinski definition) is 6. The van der Waals surface area contributed by atoms with E-state index in [1.54, 1.807) is 26.5 Å². The van der Waals surface area contributed by atoms with Gasteiger partial charge in [0.05, 0.1) is 27.0 Å². The van der Waals surface area contributed by atoms with Crippen LogP contribution in [0.5, 0.6) is 11.5 Å². The highest BCUT2D eigenvalue weighted by molar-refractivity contribution is 7.99. The molecule has 7 heteroatoms. The fourth-order valence-electron chi connectivity index (χ4n) is 2.10. The number of nitrogens with one attached hydrogen (secondary N) is 1. The molecule has 1 aliphatic rings. The van der Waals surface area contributed by atoms with Gasteiger partial charge in [0.25, 0.3) is 5.91 Å². The van der Waals surface area contributed by atoms with Gasteiger partial charge in [0.2, 0.25) is 0 Å². The van der Waals surface area contributed by atoms with Crippen LogP contribution < -0.4 is 14.9 Å². The van der Waals surface area contributed by atoms with Gasteiger partial charge in [-0.1, -0.05) is 0 Å². The van der Waals surface area contributed by atoms with Crippen LogP contribution in [0.3, 0.4) is 0 Å². The van der Waals surface area contributed by atoms with E-state index < -0.39 is 0 Å². The normalized spacial score (nSPS) is 15.7. The van der Waals surface area contributed by atoms with Crippen molar-refractivity contribution >= 4 is 23.9 Å². The number of amides is 1. The van der Waals surface area contributed by atoms with E-state index in [2.05, 4.69) is 15.4 Å². The number of carbonyl (C=O) groups is 1. The monoisotopic (exact) mass is 323 g/mol. The molecule has 2 rings (SSSR count). The van der Waals surface area contributed by atoms with Crippen LogP contribution in [0.15, 0.2) is 23.3 Å². The van der Waals surface area contributed by atoms with Crippen LogP contribution in [0.4, 0.5) is 0 Å². The SMILES string of the molecule is COc1ccc(C=NNC(=O)CN2CCSCC2)c(OC)c1. The first-order valence-corrected chi connectivity index (χ1v) is 8.22. The maximum absolute atomic E-state index is 11.8. The summed E-state index contributed by atoms with van der Waals surface area (Å²) >= 11 is 1.92. The Bertz CT molecular complexity index is 531. The number of thioether (sulfide) groups is 1. The summed E-state index contributed by atoms with van der Waals surface area (Å²) in [7, 11) is 3.18. The highest BCUT2D eigenvalue weighted by Gasteiger charge is 2.13. The first-order valence-electron chi connectivity index (χ1n) is 7.07. The molecule has 120 valence electrons. The lowest BCUT2D eigenvalue weighted by atomic mass is 10.2. The molecule has 1 aliphatic heterocycles. The fourth-order valence-corrected chi connectivity index (χ4v) is 3.08. The number of benzene rings is 1. The van der Waals surface area contributed by atoms with Crippen molar-refractivity contribution in [3.8, 4) is 11.5 Å². The second-order valence-corrected chi connectivity index (χ2v) is 6.01. The highest BCUT2D eigenvalue weighted by atomic mass is 32.2. The minimum absolute atomic E-state index is 0.101. The molecule has 6 nitrogen and oxygen atoms in total. The van der Waals surface area contributed by atoms with E-state index in [-0.39, 0.29) is 5.91 Å². The Morgan fingerprint density at radius 2 is 2.14 bits per heavy atom. The van der Waals surface area contributed by atoms with Gasteiger partial charge in [-0.2, -0.15) is 16.9 Å². The van der Waals surface area contributed by atoms with Gasteiger partial charge in [-0.3, -0.25) is 9.69 Å². The second kappa shape index (κ2) is 8.65. The predicted octanol–water partition coefficient (Wildman–Crippen LogP) is 1.20. The number of methoxy groups -OCH3 is 2. The summed E-state index contributed by atoms with van der Waals surface area (Å²) in [4.78, 5) is 14.0. The summed E-state index contributed by atoms with van der Waals surface area (Å²) in [5, 5.41) is 3.99. The molecule has 1 amide bonds. The van der Waals surface area contributed by atoms with Gasteiger partial charge in [0.1, 0.15) is 11.5 Å². The molecule has 0 aliphatic carbocycles. The van der Waals surface area contributed by atoms with E-state index in [0.717, 1.165) is 30.2 Å². The van der Waals surface area contributed by atoms with Crippen LogP contribution in [-0.2, 0) is 4.79 Å². The first kappa shape index (κ1) is 16.6. The van der Waals surface area contributed by atoms with Crippen molar-refractivity contribution in [2.45, 2.75) is 0 Å². The Kier molecular flexibility index (Phi) is 6.54. The molecule has 0 saturated carbocycles. The maximum Gasteiger partial charge on any atom is 0.254 e. The zero-order valence-electron chi connectivity index (χ0n) is 12.9. The molecular weight excluding hydrogens is 302 g/mol. The van der Waals surface area contributed by atoms with E-state index >= 15 is 0 Å². The van der Waals surface area contributed by atoms with E-state index in [9.17, 15) is 4.79 Å². The van der Waals surface area contributed by atoms with E-state index in [1.165, 1.54) is 0 Å². The van der Waals surface area contributed by atoms with Crippen LogP contribution in [-0.4, -0.2) is 62.4 Å². The predicted molar refractivity (Wildman–Crippen MR) is 89.0 cm³/mol. The van der Waals surface area contributed by atoms with Crippen LogP contribution in [0.2, 0.25) is 0 Å². The molecule has 1 aromatic rings. The standard InChI is InChI=1S/C15H21N3O3S/c1-20-13-4-3-12(14(9-13)21-2)10-16-17-15(19)11-18-5-7-22-8-6-18/h3-4,9-10H,5-8,11H2,1-2H3,(H,17,19). The molecule has 0 aromatic heterocycles. The van der Waals surface area contributed by atoms with Crippen LogP contribution in [0, 0.1) is 0 Å². The van der Waals surface area contributed by atoms with Crippen LogP contribution >= 0.6 is 11.8 Å². The number of ether oxygens (including phenoxy) is 2. The van der Waals surface area contributed by atoms with Crippen molar-refractivity contribution < 1.29 is 14.3 Å². The lowest BCUT2D eigenvalue weighted by Gasteiger charge is -2.24. The molecule has 0 radical (unpaired) electrons. The van der Waals surface area contributed by atoms with Gasteiger partial charge in [0.15, 0.2) is 0 Å². The van der Waals surface area contributed by atoms with Gasteiger partial charge in [-0.25, -0.2) is 5.43 Å². The summed E-state index contributed by atoms with van der Waals surface area (Å²) in [5.41, 5.74) is 3.33. The highest BCUT2D eigenvalue weighted by Crippen LogP contribution is 2.22. The molecule has 1 N–H and O–H groups in total. The summed E-state index contributed by atoms with van der Waals surface area (Å²) in [6, 6.07) is 5.42. The van der Waals surface area contributed by atoms with Crippen molar-refractivity contribution in [2.75, 3.05) is 45.4 Å². The third-order valence-electron chi connectivity index (χ3n) is 3.30. The molecule has 1 heterocycles. The van der Waals surface area contributed by atoms with E-state index in [1.807, 2.05) is 23.9 Å². The number of rotatable bonds is 6. The van der Waals surface area contributed by atoms with Gasteiger partial charge in [-0.15, -0.1) is 0 Å². The third-order valence-corrected chi connectivity index (χ3v) is 4.25. The Morgan fingerprint density at radius 1 is 1.36 bits per heavy atom. The topological polar surface area (TPSA) is 63.2 Å². The third kappa shape index (κ3) is 4.92. The summed E-state index contributed by atoms with van der Waals surface area (Å²) in [5.74, 6) is 3.42. The average molecular weight is 323 g/mol. The lowest BCUT2D eigenvalue weighted by molar-refractivity contribution is -0.122. The first-order chi connectivity index (χ1) is 10.7. The molecule has 0 atom stereocenters. The molecule has 1 aromatic carbocycles. The molecule has 1 saturated heterocycles. The minimum atomic E-state index is -0.101. The van der Waals surface area contributed by atoms with Crippen LogP contribution in [0.1, 0.15) is 5.56 Å². The zero-order chi connectivity index (χ0) is 15.8. The summed E-state index contributed by atoms with van der Waals surface area (Å²) in [6.45, 7) is 2.29. The van der Waals surface area contributed by atoms with Crippen molar-refractivity contribution in [2.24, 2.45) is 5.10 Å². The van der Waals surface area contributed by atoms with E-state index in [0.29, 0.717) is 18.0 Å². The fraction of sp³-hybridized carbons (Fsp3) is 0.467. The van der Waals surface area contributed by atoms with Gasteiger partial charge in [0, 0.05) is 36.2 Å². The van der Waals surface area contributed by atoms with Crippen LogP contribution in [0.25, 0.3) is 0 Å². The largest absolute Gasteiger partial charge is 0.497 e. The number of carbonyl (C=O) groups excluding carboxylic acids is 1. The Hall–Kier alpha value is -1.73. The van der Waals surface area contributed by atoms with Gasteiger partial charge in [-0.05, 0) is 12.1 Å². The van der Waals surface area contributed by atoms with Crippen molar-refractivity contribution in [3.63, 3.8) is 0 Å². The molecule has 0 unspecified atom stereocenters. The number of hydrogen-bond donors (Lipinski definition) is 1. The van der Waals surface area contributed by atoms with Crippen molar-refractivity contribution in [1.29, 1.82) is 0 Å². The summed E-state index contributed by atoms with van der Waals surface area (Å²) in [6.07, 6.45) is 1.57. The van der Waals surface area contributed by atoms with Crippen molar-refractivity contribution in [3.05, 3.63) is 23.8 Å². The quantitative estimate of drug-likeness (QED) is 0.630. The average Bonchev–Trinajstić information content (AvgIpc) is 2.56. The summed E-state index contributed by atoms with van der Waals surface area (Å²) < 4.78 is 10.4. The molecular formula is C15H21N3O3S. The van der Waals surface area contributed by atoms with Crippen molar-refractivity contribution in [1.82, 2.24) is 10.3 Å². The zero-order valence-corrected chi connectivity index (χ0v) is 13.7. The molecule has 1 fully saturated rings.